The van der Waals surface area contributed by atoms with Gasteiger partial charge in [-0.05, 0) is 57.4 Å². The van der Waals surface area contributed by atoms with Crippen molar-refractivity contribution >= 4 is 33.9 Å². The molecular formula is C18H14BrFN2O4. The minimum Gasteiger partial charge on any atom is -0.493 e. The van der Waals surface area contributed by atoms with E-state index in [1.165, 1.54) is 25.3 Å². The number of urea groups is 1. The first-order valence-corrected chi connectivity index (χ1v) is 8.34. The van der Waals surface area contributed by atoms with E-state index < -0.39 is 11.9 Å². The van der Waals surface area contributed by atoms with Crippen molar-refractivity contribution in [1.82, 2.24) is 10.6 Å². The van der Waals surface area contributed by atoms with Crippen molar-refractivity contribution < 1.29 is 23.5 Å². The van der Waals surface area contributed by atoms with E-state index in [1.54, 1.807) is 24.3 Å². The lowest BCUT2D eigenvalue weighted by molar-refractivity contribution is -0.115. The van der Waals surface area contributed by atoms with Crippen LogP contribution in [0.25, 0.3) is 6.08 Å². The molecule has 1 heterocycles. The monoisotopic (exact) mass is 420 g/mol. The van der Waals surface area contributed by atoms with E-state index in [9.17, 15) is 14.0 Å². The van der Waals surface area contributed by atoms with Gasteiger partial charge in [-0.2, -0.15) is 0 Å². The van der Waals surface area contributed by atoms with Gasteiger partial charge >= 0.3 is 6.03 Å². The van der Waals surface area contributed by atoms with Crippen LogP contribution in [0.1, 0.15) is 11.1 Å². The summed E-state index contributed by atoms with van der Waals surface area (Å²) in [6, 6.07) is 8.84. The number of ether oxygens (including phenoxy) is 2. The van der Waals surface area contributed by atoms with Crippen molar-refractivity contribution in [1.29, 1.82) is 0 Å². The molecule has 1 saturated heterocycles. The van der Waals surface area contributed by atoms with E-state index in [0.717, 1.165) is 5.56 Å². The number of carbonyl (C=O) groups is 2. The Bertz CT molecular complexity index is 897. The molecule has 0 spiro atoms. The lowest BCUT2D eigenvalue weighted by Crippen LogP contribution is -2.22. The van der Waals surface area contributed by atoms with Gasteiger partial charge < -0.3 is 14.8 Å². The fraction of sp³-hybridized carbons (Fsp3) is 0.111. The number of rotatable bonds is 5. The van der Waals surface area contributed by atoms with E-state index in [1.807, 2.05) is 0 Å². The lowest BCUT2D eigenvalue weighted by atomic mass is 10.1. The van der Waals surface area contributed by atoms with Crippen molar-refractivity contribution in [2.45, 2.75) is 6.61 Å². The summed E-state index contributed by atoms with van der Waals surface area (Å²) in [6.45, 7) is 0.230. The Kier molecular flexibility index (Phi) is 5.22. The summed E-state index contributed by atoms with van der Waals surface area (Å²) >= 11 is 3.42. The number of hydrogen-bond donors (Lipinski definition) is 2. The maximum absolute atomic E-state index is 13.0. The fourth-order valence-corrected chi connectivity index (χ4v) is 2.92. The Labute approximate surface area is 157 Å². The zero-order chi connectivity index (χ0) is 18.7. The predicted octanol–water partition coefficient (Wildman–Crippen LogP) is 3.36. The second-order valence-corrected chi connectivity index (χ2v) is 6.27. The molecule has 0 unspecified atom stereocenters. The van der Waals surface area contributed by atoms with Crippen LogP contribution in [0.15, 0.2) is 46.6 Å². The van der Waals surface area contributed by atoms with Gasteiger partial charge in [-0.25, -0.2) is 9.18 Å². The molecule has 1 aliphatic heterocycles. The predicted molar refractivity (Wildman–Crippen MR) is 96.1 cm³/mol. The van der Waals surface area contributed by atoms with E-state index in [-0.39, 0.29) is 18.1 Å². The third-order valence-electron chi connectivity index (χ3n) is 3.58. The number of hydrogen-bond acceptors (Lipinski definition) is 4. The first-order valence-electron chi connectivity index (χ1n) is 7.55. The average Bonchev–Trinajstić information content (AvgIpc) is 2.92. The van der Waals surface area contributed by atoms with Crippen LogP contribution in [0.4, 0.5) is 9.18 Å². The van der Waals surface area contributed by atoms with Crippen LogP contribution in [0.3, 0.4) is 0 Å². The summed E-state index contributed by atoms with van der Waals surface area (Å²) in [5.41, 5.74) is 1.58. The summed E-state index contributed by atoms with van der Waals surface area (Å²) in [5.74, 6) is 0.103. The highest BCUT2D eigenvalue weighted by Gasteiger charge is 2.23. The summed E-state index contributed by atoms with van der Waals surface area (Å²) in [6.07, 6.45) is 1.53. The standard InChI is InChI=1S/C18H14BrFN2O4/c1-25-15-8-11(7-14-17(23)22-18(24)21-14)6-13(19)16(15)26-9-10-2-4-12(20)5-3-10/h2-8H,9H2,1H3,(H2,21,22,23,24). The van der Waals surface area contributed by atoms with E-state index >= 15 is 0 Å². The minimum atomic E-state index is -0.563. The SMILES string of the molecule is COc1cc(C=C2NC(=O)NC2=O)cc(Br)c1OCc1ccc(F)cc1. The molecule has 0 aromatic heterocycles. The second kappa shape index (κ2) is 7.57. The second-order valence-electron chi connectivity index (χ2n) is 5.42. The van der Waals surface area contributed by atoms with E-state index in [4.69, 9.17) is 9.47 Å². The Morgan fingerprint density at radius 2 is 1.88 bits per heavy atom. The molecule has 3 amide bonds. The molecule has 26 heavy (non-hydrogen) atoms. The van der Waals surface area contributed by atoms with Crippen molar-refractivity contribution in [2.24, 2.45) is 0 Å². The first kappa shape index (κ1) is 17.9. The number of halogens is 2. The van der Waals surface area contributed by atoms with Crippen LogP contribution in [-0.4, -0.2) is 19.0 Å². The van der Waals surface area contributed by atoms with Gasteiger partial charge in [-0.15, -0.1) is 0 Å². The number of imide groups is 1. The molecule has 0 saturated carbocycles. The number of nitrogens with one attached hydrogen (secondary N) is 2. The van der Waals surface area contributed by atoms with Crippen LogP contribution >= 0.6 is 15.9 Å². The molecule has 6 nitrogen and oxygen atoms in total. The van der Waals surface area contributed by atoms with Crippen LogP contribution in [0.2, 0.25) is 0 Å². The number of benzene rings is 2. The molecule has 1 fully saturated rings. The molecule has 2 N–H and O–H groups in total. The number of amides is 3. The molecule has 0 atom stereocenters. The fourth-order valence-electron chi connectivity index (χ4n) is 2.35. The highest BCUT2D eigenvalue weighted by Crippen LogP contribution is 2.37. The smallest absolute Gasteiger partial charge is 0.326 e. The molecule has 2 aromatic rings. The Morgan fingerprint density at radius 1 is 1.15 bits per heavy atom. The van der Waals surface area contributed by atoms with Crippen molar-refractivity contribution in [3.05, 3.63) is 63.5 Å². The van der Waals surface area contributed by atoms with Gasteiger partial charge in [-0.3, -0.25) is 10.1 Å². The Hall–Kier alpha value is -2.87. The normalized spacial score (nSPS) is 15.0. The molecule has 0 aliphatic carbocycles. The highest BCUT2D eigenvalue weighted by molar-refractivity contribution is 9.10. The van der Waals surface area contributed by atoms with E-state index in [2.05, 4.69) is 26.6 Å². The topological polar surface area (TPSA) is 76.7 Å². The van der Waals surface area contributed by atoms with Gasteiger partial charge in [0.05, 0.1) is 11.6 Å². The third-order valence-corrected chi connectivity index (χ3v) is 4.17. The van der Waals surface area contributed by atoms with Crippen LogP contribution in [-0.2, 0) is 11.4 Å². The van der Waals surface area contributed by atoms with Crippen molar-refractivity contribution in [3.8, 4) is 11.5 Å². The third kappa shape index (κ3) is 4.02. The molecule has 2 aromatic carbocycles. The largest absolute Gasteiger partial charge is 0.493 e. The Balaban J connectivity index is 1.83. The van der Waals surface area contributed by atoms with Gasteiger partial charge in [0.15, 0.2) is 11.5 Å². The minimum absolute atomic E-state index is 0.143. The van der Waals surface area contributed by atoms with Crippen molar-refractivity contribution in [3.63, 3.8) is 0 Å². The van der Waals surface area contributed by atoms with Gasteiger partial charge in [-0.1, -0.05) is 12.1 Å². The van der Waals surface area contributed by atoms with Gasteiger partial charge in [0.1, 0.15) is 18.1 Å². The zero-order valence-electron chi connectivity index (χ0n) is 13.6. The molecule has 1 aliphatic rings. The number of methoxy groups -OCH3 is 1. The van der Waals surface area contributed by atoms with Gasteiger partial charge in [0, 0.05) is 0 Å². The Morgan fingerprint density at radius 3 is 2.50 bits per heavy atom. The van der Waals surface area contributed by atoms with E-state index in [0.29, 0.717) is 21.5 Å². The van der Waals surface area contributed by atoms with Crippen LogP contribution < -0.4 is 20.1 Å². The molecule has 8 heteroatoms. The molecule has 3 rings (SSSR count). The quantitative estimate of drug-likeness (QED) is 0.574. The maximum atomic E-state index is 13.0. The number of carbonyl (C=O) groups excluding carboxylic acids is 2. The molecule has 0 bridgehead atoms. The van der Waals surface area contributed by atoms with Crippen molar-refractivity contribution in [2.75, 3.05) is 7.11 Å². The molecule has 134 valence electrons. The summed E-state index contributed by atoms with van der Waals surface area (Å²) in [4.78, 5) is 22.8. The molecule has 0 radical (unpaired) electrons. The lowest BCUT2D eigenvalue weighted by Gasteiger charge is -2.14. The highest BCUT2D eigenvalue weighted by atomic mass is 79.9. The first-order chi connectivity index (χ1) is 12.5. The van der Waals surface area contributed by atoms with Crippen LogP contribution in [0.5, 0.6) is 11.5 Å². The summed E-state index contributed by atoms with van der Waals surface area (Å²) in [7, 11) is 1.49. The summed E-state index contributed by atoms with van der Waals surface area (Å²) in [5, 5.41) is 4.55. The molecular weight excluding hydrogens is 407 g/mol. The average molecular weight is 421 g/mol. The maximum Gasteiger partial charge on any atom is 0.326 e. The van der Waals surface area contributed by atoms with Crippen LogP contribution in [0, 0.1) is 5.82 Å². The summed E-state index contributed by atoms with van der Waals surface area (Å²) < 4.78 is 24.7. The van der Waals surface area contributed by atoms with Gasteiger partial charge in [0.2, 0.25) is 0 Å². The zero-order valence-corrected chi connectivity index (χ0v) is 15.2. The van der Waals surface area contributed by atoms with Gasteiger partial charge in [0.25, 0.3) is 5.91 Å².